The molecule has 0 bridgehead atoms. The summed E-state index contributed by atoms with van der Waals surface area (Å²) in [5.74, 6) is 0.160. The van der Waals surface area contributed by atoms with Crippen molar-refractivity contribution in [2.24, 2.45) is 0 Å². The number of unbranched alkanes of at least 4 members (excludes halogenated alkanes) is 1. The lowest BCUT2D eigenvalue weighted by molar-refractivity contribution is 0.0519. The normalized spacial score (nSPS) is 14.5. The molecule has 0 atom stereocenters. The number of pyridine rings is 1. The Balaban J connectivity index is 1.55. The van der Waals surface area contributed by atoms with Crippen molar-refractivity contribution in [1.82, 2.24) is 24.6 Å². The largest absolute Gasteiger partial charge is 0.459 e. The molecule has 158 valence electrons. The number of carbonyl (C=O) groups is 2. The molecule has 30 heavy (non-hydrogen) atoms. The van der Waals surface area contributed by atoms with Crippen LogP contribution in [0.15, 0.2) is 28.9 Å². The summed E-state index contributed by atoms with van der Waals surface area (Å²) in [5, 5.41) is 5.47. The van der Waals surface area contributed by atoms with Crippen molar-refractivity contribution in [3.8, 4) is 0 Å². The number of carbonyl (C=O) groups excluding carboxylic acids is 2. The van der Waals surface area contributed by atoms with Crippen molar-refractivity contribution in [2.75, 3.05) is 26.2 Å². The standard InChI is InChI=1S/C22H27N5O3/c1-4-5-8-27-20-19(16(3)24-27)17(14-15(2)23-20)21(28)25-9-11-26(12-10-25)22(29)18-7-6-13-30-18/h6-7,13-14H,4-5,8-12H2,1-3H3. The second kappa shape index (κ2) is 8.30. The summed E-state index contributed by atoms with van der Waals surface area (Å²) in [7, 11) is 0. The van der Waals surface area contributed by atoms with Gasteiger partial charge in [-0.05, 0) is 38.5 Å². The molecule has 4 heterocycles. The van der Waals surface area contributed by atoms with Crippen LogP contribution in [0.25, 0.3) is 11.0 Å². The van der Waals surface area contributed by atoms with Crippen LogP contribution in [0.1, 0.15) is 52.1 Å². The Morgan fingerprint density at radius 3 is 2.43 bits per heavy atom. The molecule has 3 aromatic rings. The van der Waals surface area contributed by atoms with E-state index in [2.05, 4.69) is 17.0 Å². The summed E-state index contributed by atoms with van der Waals surface area (Å²) in [5.41, 5.74) is 3.04. The quantitative estimate of drug-likeness (QED) is 0.647. The first-order valence-corrected chi connectivity index (χ1v) is 10.5. The molecule has 0 saturated carbocycles. The highest BCUT2D eigenvalue weighted by molar-refractivity contribution is 6.06. The molecule has 8 nitrogen and oxygen atoms in total. The van der Waals surface area contributed by atoms with E-state index < -0.39 is 0 Å². The summed E-state index contributed by atoms with van der Waals surface area (Å²) in [6.07, 6.45) is 3.58. The van der Waals surface area contributed by atoms with Gasteiger partial charge in [-0.1, -0.05) is 13.3 Å². The molecule has 0 aromatic carbocycles. The topological polar surface area (TPSA) is 84.5 Å². The number of amides is 2. The fraction of sp³-hybridized carbons (Fsp3) is 0.455. The van der Waals surface area contributed by atoms with Crippen LogP contribution in [0.4, 0.5) is 0 Å². The van der Waals surface area contributed by atoms with Crippen molar-refractivity contribution in [3.05, 3.63) is 47.2 Å². The predicted octanol–water partition coefficient (Wildman–Crippen LogP) is 3.04. The van der Waals surface area contributed by atoms with Gasteiger partial charge in [-0.3, -0.25) is 9.59 Å². The van der Waals surface area contributed by atoms with Crippen molar-refractivity contribution in [3.63, 3.8) is 0 Å². The fourth-order valence-corrected chi connectivity index (χ4v) is 3.95. The lowest BCUT2D eigenvalue weighted by Crippen LogP contribution is -2.50. The minimum Gasteiger partial charge on any atom is -0.459 e. The molecule has 0 N–H and O–H groups in total. The number of nitrogens with zero attached hydrogens (tertiary/aromatic N) is 5. The zero-order chi connectivity index (χ0) is 21.3. The second-order valence-electron chi connectivity index (χ2n) is 7.73. The van der Waals surface area contributed by atoms with E-state index in [4.69, 9.17) is 4.42 Å². The number of aryl methyl sites for hydroxylation is 3. The smallest absolute Gasteiger partial charge is 0.289 e. The van der Waals surface area contributed by atoms with Gasteiger partial charge in [-0.15, -0.1) is 0 Å². The molecule has 2 amide bonds. The number of aromatic nitrogens is 3. The van der Waals surface area contributed by atoms with Crippen LogP contribution < -0.4 is 0 Å². The summed E-state index contributed by atoms with van der Waals surface area (Å²) in [6.45, 7) is 8.69. The molecule has 1 saturated heterocycles. The second-order valence-corrected chi connectivity index (χ2v) is 7.73. The molecule has 1 aliphatic heterocycles. The number of piperazine rings is 1. The van der Waals surface area contributed by atoms with Crippen molar-refractivity contribution < 1.29 is 14.0 Å². The first-order chi connectivity index (χ1) is 14.5. The van der Waals surface area contributed by atoms with Gasteiger partial charge in [0.1, 0.15) is 0 Å². The molecule has 0 spiro atoms. The monoisotopic (exact) mass is 409 g/mol. The van der Waals surface area contributed by atoms with E-state index in [0.29, 0.717) is 37.5 Å². The third kappa shape index (κ3) is 3.69. The van der Waals surface area contributed by atoms with Crippen molar-refractivity contribution in [1.29, 1.82) is 0 Å². The average Bonchev–Trinajstić information content (AvgIpc) is 3.39. The Morgan fingerprint density at radius 1 is 1.10 bits per heavy atom. The van der Waals surface area contributed by atoms with Gasteiger partial charge in [-0.25, -0.2) is 9.67 Å². The van der Waals surface area contributed by atoms with Gasteiger partial charge in [0.15, 0.2) is 11.4 Å². The van der Waals surface area contributed by atoms with Crippen LogP contribution in [0.2, 0.25) is 0 Å². The molecular weight excluding hydrogens is 382 g/mol. The van der Waals surface area contributed by atoms with Crippen LogP contribution >= 0.6 is 0 Å². The summed E-state index contributed by atoms with van der Waals surface area (Å²) in [6, 6.07) is 5.21. The Morgan fingerprint density at radius 2 is 1.80 bits per heavy atom. The molecule has 0 radical (unpaired) electrons. The van der Waals surface area contributed by atoms with Crippen molar-refractivity contribution in [2.45, 2.75) is 40.2 Å². The van der Waals surface area contributed by atoms with E-state index in [-0.39, 0.29) is 11.8 Å². The van der Waals surface area contributed by atoms with Gasteiger partial charge in [0.05, 0.1) is 22.9 Å². The van der Waals surface area contributed by atoms with E-state index in [1.807, 2.05) is 29.5 Å². The van der Waals surface area contributed by atoms with Crippen LogP contribution in [-0.2, 0) is 6.54 Å². The molecule has 1 aliphatic rings. The van der Waals surface area contributed by atoms with E-state index in [1.165, 1.54) is 6.26 Å². The SMILES string of the molecule is CCCCn1nc(C)c2c(C(=O)N3CCN(C(=O)c4ccco4)CC3)cc(C)nc21. The van der Waals surface area contributed by atoms with Gasteiger partial charge in [0.25, 0.3) is 11.8 Å². The van der Waals surface area contributed by atoms with Gasteiger partial charge >= 0.3 is 0 Å². The first kappa shape index (κ1) is 20.1. The maximum atomic E-state index is 13.4. The van der Waals surface area contributed by atoms with E-state index in [9.17, 15) is 9.59 Å². The Hall–Kier alpha value is -3.16. The molecule has 8 heteroatoms. The number of hydrogen-bond donors (Lipinski definition) is 0. The third-order valence-corrected chi connectivity index (χ3v) is 5.55. The highest BCUT2D eigenvalue weighted by Crippen LogP contribution is 2.24. The zero-order valence-electron chi connectivity index (χ0n) is 17.7. The summed E-state index contributed by atoms with van der Waals surface area (Å²) < 4.78 is 7.12. The minimum absolute atomic E-state index is 0.0336. The lowest BCUT2D eigenvalue weighted by Gasteiger charge is -2.34. The predicted molar refractivity (Wildman–Crippen MR) is 112 cm³/mol. The molecule has 1 fully saturated rings. The molecular formula is C22H27N5O3. The average molecular weight is 409 g/mol. The van der Waals surface area contributed by atoms with Crippen LogP contribution in [-0.4, -0.2) is 62.6 Å². The van der Waals surface area contributed by atoms with Gasteiger partial charge in [-0.2, -0.15) is 5.10 Å². The maximum Gasteiger partial charge on any atom is 0.289 e. The fourth-order valence-electron chi connectivity index (χ4n) is 3.95. The van der Waals surface area contributed by atoms with E-state index >= 15 is 0 Å². The van der Waals surface area contributed by atoms with E-state index in [0.717, 1.165) is 41.8 Å². The Labute approximate surface area is 175 Å². The number of hydrogen-bond acceptors (Lipinski definition) is 5. The molecule has 0 aliphatic carbocycles. The van der Waals surface area contributed by atoms with Crippen LogP contribution in [0, 0.1) is 13.8 Å². The Bertz CT molecular complexity index is 1060. The van der Waals surface area contributed by atoms with Gasteiger partial charge < -0.3 is 14.2 Å². The molecule has 0 unspecified atom stereocenters. The highest BCUT2D eigenvalue weighted by atomic mass is 16.3. The Kier molecular flexibility index (Phi) is 5.57. The van der Waals surface area contributed by atoms with E-state index in [1.54, 1.807) is 17.0 Å². The lowest BCUT2D eigenvalue weighted by atomic mass is 10.1. The van der Waals surface area contributed by atoms with Gasteiger partial charge in [0, 0.05) is 38.4 Å². The third-order valence-electron chi connectivity index (χ3n) is 5.55. The van der Waals surface area contributed by atoms with Gasteiger partial charge in [0.2, 0.25) is 0 Å². The molecule has 4 rings (SSSR count). The number of rotatable bonds is 5. The first-order valence-electron chi connectivity index (χ1n) is 10.5. The van der Waals surface area contributed by atoms with Crippen LogP contribution in [0.5, 0.6) is 0 Å². The summed E-state index contributed by atoms with van der Waals surface area (Å²) >= 11 is 0. The highest BCUT2D eigenvalue weighted by Gasteiger charge is 2.28. The van der Waals surface area contributed by atoms with Crippen LogP contribution in [0.3, 0.4) is 0 Å². The zero-order valence-corrected chi connectivity index (χ0v) is 17.7. The van der Waals surface area contributed by atoms with Crippen molar-refractivity contribution >= 4 is 22.8 Å². The number of fused-ring (bicyclic) bond motifs is 1. The molecule has 3 aromatic heterocycles. The summed E-state index contributed by atoms with van der Waals surface area (Å²) in [4.78, 5) is 34.1. The number of furan rings is 1. The minimum atomic E-state index is -0.137. The maximum absolute atomic E-state index is 13.4.